The van der Waals surface area contributed by atoms with Crippen LogP contribution in [-0.2, 0) is 0 Å². The van der Waals surface area contributed by atoms with Gasteiger partial charge in [-0.05, 0) is 22.9 Å². The van der Waals surface area contributed by atoms with Gasteiger partial charge in [0.1, 0.15) is 0 Å². The van der Waals surface area contributed by atoms with Crippen LogP contribution in [0, 0.1) is 5.41 Å². The molecule has 80 valence electrons. The van der Waals surface area contributed by atoms with Crippen LogP contribution >= 0.6 is 11.5 Å². The molecule has 1 aromatic heterocycles. The predicted octanol–water partition coefficient (Wildman–Crippen LogP) is 2.71. The van der Waals surface area contributed by atoms with Gasteiger partial charge in [-0.2, -0.15) is 0 Å². The molecular weight excluding hydrogens is 194 g/mol. The fraction of sp³-hybridized carbons (Fsp3) is 0.800. The average Bonchev–Trinajstić information content (AvgIpc) is 2.48. The Hall–Kier alpha value is -0.480. The average molecular weight is 213 g/mol. The Morgan fingerprint density at radius 2 is 1.86 bits per heavy atom. The van der Waals surface area contributed by atoms with E-state index in [1.807, 2.05) is 0 Å². The highest BCUT2D eigenvalue weighted by Gasteiger charge is 2.27. The first-order valence-corrected chi connectivity index (χ1v) is 5.69. The Labute approximate surface area is 89.9 Å². The van der Waals surface area contributed by atoms with Gasteiger partial charge in [0.2, 0.25) is 0 Å². The summed E-state index contributed by atoms with van der Waals surface area (Å²) in [5, 5.41) is 4.14. The minimum atomic E-state index is 0.0277. The van der Waals surface area contributed by atoms with Gasteiger partial charge in [-0.15, -0.1) is 5.10 Å². The lowest BCUT2D eigenvalue weighted by Crippen LogP contribution is -2.26. The molecule has 0 aliphatic carbocycles. The third-order valence-electron chi connectivity index (χ3n) is 2.30. The molecule has 14 heavy (non-hydrogen) atoms. The molecule has 0 amide bonds. The van der Waals surface area contributed by atoms with Crippen molar-refractivity contribution >= 4 is 11.5 Å². The number of nitrogens with zero attached hydrogens (tertiary/aromatic N) is 2. The Morgan fingerprint density at radius 3 is 2.29 bits per heavy atom. The van der Waals surface area contributed by atoms with Gasteiger partial charge in [0.05, 0.1) is 10.6 Å². The highest BCUT2D eigenvalue weighted by atomic mass is 32.1. The molecule has 3 nitrogen and oxygen atoms in total. The molecule has 1 rings (SSSR count). The zero-order chi connectivity index (χ0) is 10.9. The summed E-state index contributed by atoms with van der Waals surface area (Å²) >= 11 is 1.43. The molecule has 1 atom stereocenters. The Bertz CT molecular complexity index is 299. The zero-order valence-corrected chi connectivity index (χ0v) is 10.4. The van der Waals surface area contributed by atoms with E-state index >= 15 is 0 Å². The largest absolute Gasteiger partial charge is 0.323 e. The van der Waals surface area contributed by atoms with Crippen LogP contribution in [0.1, 0.15) is 57.1 Å². The third-order valence-corrected chi connectivity index (χ3v) is 3.13. The highest BCUT2D eigenvalue weighted by molar-refractivity contribution is 7.05. The van der Waals surface area contributed by atoms with Crippen LogP contribution < -0.4 is 5.73 Å². The van der Waals surface area contributed by atoms with Crippen LogP contribution in [0.4, 0.5) is 0 Å². The van der Waals surface area contributed by atoms with E-state index in [2.05, 4.69) is 44.2 Å². The normalized spacial score (nSPS) is 14.8. The first-order valence-electron chi connectivity index (χ1n) is 4.91. The zero-order valence-electron chi connectivity index (χ0n) is 9.53. The molecule has 0 aliphatic heterocycles. The minimum Gasteiger partial charge on any atom is -0.323 e. The highest BCUT2D eigenvalue weighted by Crippen LogP contribution is 2.35. The topological polar surface area (TPSA) is 51.8 Å². The van der Waals surface area contributed by atoms with Crippen LogP contribution in [0.25, 0.3) is 0 Å². The summed E-state index contributed by atoms with van der Waals surface area (Å²) in [7, 11) is 0. The number of rotatable bonds is 2. The van der Waals surface area contributed by atoms with Crippen LogP contribution in [-0.4, -0.2) is 9.59 Å². The van der Waals surface area contributed by atoms with Gasteiger partial charge >= 0.3 is 0 Å². The molecule has 2 N–H and O–H groups in total. The maximum Gasteiger partial charge on any atom is 0.0829 e. The second-order valence-electron chi connectivity index (χ2n) is 5.02. The van der Waals surface area contributed by atoms with Crippen LogP contribution in [0.2, 0.25) is 0 Å². The second-order valence-corrected chi connectivity index (χ2v) is 5.81. The summed E-state index contributed by atoms with van der Waals surface area (Å²) in [5.74, 6) is 0.400. The van der Waals surface area contributed by atoms with Gasteiger partial charge in [-0.3, -0.25) is 0 Å². The quantitative estimate of drug-likeness (QED) is 0.821. The molecule has 0 saturated heterocycles. The predicted molar refractivity (Wildman–Crippen MR) is 60.4 cm³/mol. The second kappa shape index (κ2) is 3.95. The van der Waals surface area contributed by atoms with Crippen LogP contribution in [0.3, 0.4) is 0 Å². The van der Waals surface area contributed by atoms with E-state index in [-0.39, 0.29) is 11.5 Å². The van der Waals surface area contributed by atoms with Gasteiger partial charge in [-0.25, -0.2) is 0 Å². The molecule has 0 fully saturated rings. The van der Waals surface area contributed by atoms with Crippen LogP contribution in [0.15, 0.2) is 0 Å². The summed E-state index contributed by atoms with van der Waals surface area (Å²) < 4.78 is 3.99. The van der Waals surface area contributed by atoms with Gasteiger partial charge in [-0.1, -0.05) is 39.1 Å². The molecule has 0 aliphatic rings. The first kappa shape index (κ1) is 11.6. The summed E-state index contributed by atoms with van der Waals surface area (Å²) in [4.78, 5) is 1.13. The van der Waals surface area contributed by atoms with Crippen LogP contribution in [0.5, 0.6) is 0 Å². The molecule has 0 spiro atoms. The monoisotopic (exact) mass is 213 g/mol. The molecular formula is C10H19N3S. The molecule has 0 radical (unpaired) electrons. The van der Waals surface area contributed by atoms with E-state index in [0.29, 0.717) is 5.92 Å². The van der Waals surface area contributed by atoms with Crippen molar-refractivity contribution in [1.82, 2.24) is 9.59 Å². The number of nitrogens with two attached hydrogens (primary N) is 1. The molecule has 1 aromatic rings. The van der Waals surface area contributed by atoms with Crippen molar-refractivity contribution in [3.05, 3.63) is 10.6 Å². The van der Waals surface area contributed by atoms with Crippen molar-refractivity contribution in [3.8, 4) is 0 Å². The van der Waals surface area contributed by atoms with E-state index in [4.69, 9.17) is 5.73 Å². The third kappa shape index (κ3) is 2.30. The lowest BCUT2D eigenvalue weighted by atomic mass is 9.85. The smallest absolute Gasteiger partial charge is 0.0829 e. The maximum absolute atomic E-state index is 6.19. The molecule has 0 bridgehead atoms. The van der Waals surface area contributed by atoms with Crippen molar-refractivity contribution in [1.29, 1.82) is 0 Å². The van der Waals surface area contributed by atoms with Crippen molar-refractivity contribution < 1.29 is 0 Å². The SMILES string of the molecule is CC(C)c1nnsc1C(N)C(C)(C)C. The number of hydrogen-bond donors (Lipinski definition) is 1. The van der Waals surface area contributed by atoms with Gasteiger partial charge in [0.25, 0.3) is 0 Å². The van der Waals surface area contributed by atoms with E-state index in [0.717, 1.165) is 10.6 Å². The van der Waals surface area contributed by atoms with Gasteiger partial charge in [0, 0.05) is 6.04 Å². The fourth-order valence-electron chi connectivity index (χ4n) is 1.21. The lowest BCUT2D eigenvalue weighted by Gasteiger charge is -2.26. The minimum absolute atomic E-state index is 0.0277. The Morgan fingerprint density at radius 1 is 1.29 bits per heavy atom. The lowest BCUT2D eigenvalue weighted by molar-refractivity contribution is 0.328. The molecule has 4 heteroatoms. The molecule has 0 aromatic carbocycles. The Kier molecular flexibility index (Phi) is 3.27. The van der Waals surface area contributed by atoms with E-state index in [9.17, 15) is 0 Å². The number of aromatic nitrogens is 2. The van der Waals surface area contributed by atoms with Crippen molar-refractivity contribution in [3.63, 3.8) is 0 Å². The fourth-order valence-corrected chi connectivity index (χ4v) is 2.27. The first-order chi connectivity index (χ1) is 6.34. The van der Waals surface area contributed by atoms with Crippen molar-refractivity contribution in [2.24, 2.45) is 11.1 Å². The van der Waals surface area contributed by atoms with Crippen molar-refractivity contribution in [2.45, 2.75) is 46.6 Å². The number of hydrogen-bond acceptors (Lipinski definition) is 4. The molecule has 1 unspecified atom stereocenters. The molecule has 0 saturated carbocycles. The van der Waals surface area contributed by atoms with E-state index in [1.54, 1.807) is 0 Å². The van der Waals surface area contributed by atoms with Gasteiger partial charge < -0.3 is 5.73 Å². The van der Waals surface area contributed by atoms with E-state index < -0.39 is 0 Å². The summed E-state index contributed by atoms with van der Waals surface area (Å²) in [6, 6.07) is 0.0277. The molecule has 1 heterocycles. The maximum atomic E-state index is 6.19. The summed E-state index contributed by atoms with van der Waals surface area (Å²) in [5.41, 5.74) is 7.31. The van der Waals surface area contributed by atoms with E-state index in [1.165, 1.54) is 11.5 Å². The Balaban J connectivity index is 3.01. The van der Waals surface area contributed by atoms with Gasteiger partial charge in [0.15, 0.2) is 0 Å². The standard InChI is InChI=1S/C10H19N3S/c1-6(2)7-8(14-13-12-7)9(11)10(3,4)5/h6,9H,11H2,1-5H3. The van der Waals surface area contributed by atoms with Crippen molar-refractivity contribution in [2.75, 3.05) is 0 Å². The summed E-state index contributed by atoms with van der Waals surface area (Å²) in [6.07, 6.45) is 0. The summed E-state index contributed by atoms with van der Waals surface area (Å²) in [6.45, 7) is 10.7.